The summed E-state index contributed by atoms with van der Waals surface area (Å²) in [6.07, 6.45) is 11.8. The Morgan fingerprint density at radius 1 is 0.947 bits per heavy atom. The molecule has 0 saturated carbocycles. The Morgan fingerprint density at radius 3 is 2.11 bits per heavy atom. The van der Waals surface area contributed by atoms with Gasteiger partial charge in [-0.15, -0.1) is 11.8 Å². The van der Waals surface area contributed by atoms with Gasteiger partial charge in [-0.25, -0.2) is 0 Å². The van der Waals surface area contributed by atoms with Crippen molar-refractivity contribution in [3.63, 3.8) is 0 Å². The number of aliphatic hydroxyl groups is 1. The molecule has 1 aromatic rings. The van der Waals surface area contributed by atoms with Crippen molar-refractivity contribution in [1.82, 2.24) is 0 Å². The van der Waals surface area contributed by atoms with Crippen LogP contribution in [0.2, 0.25) is 0 Å². The summed E-state index contributed by atoms with van der Waals surface area (Å²) in [4.78, 5) is 1.26. The van der Waals surface area contributed by atoms with Gasteiger partial charge < -0.3 is 5.11 Å². The first-order valence-corrected chi connectivity index (χ1v) is 8.82. The molecule has 0 aliphatic carbocycles. The molecule has 0 radical (unpaired) electrons. The average molecular weight is 280 g/mol. The van der Waals surface area contributed by atoms with E-state index in [-0.39, 0.29) is 6.10 Å². The maximum Gasteiger partial charge on any atom is 0.0790 e. The van der Waals surface area contributed by atoms with Gasteiger partial charge in [-0.1, -0.05) is 64.0 Å². The molecule has 1 unspecified atom stereocenters. The Labute approximate surface area is 122 Å². The lowest BCUT2D eigenvalue weighted by Gasteiger charge is -2.11. The van der Waals surface area contributed by atoms with Crippen LogP contribution < -0.4 is 0 Å². The van der Waals surface area contributed by atoms with Gasteiger partial charge in [-0.05, 0) is 30.4 Å². The lowest BCUT2D eigenvalue weighted by atomic mass is 10.0. The number of hydrogen-bond donors (Lipinski definition) is 1. The summed E-state index contributed by atoms with van der Waals surface area (Å²) < 4.78 is 0. The van der Waals surface area contributed by atoms with Crippen molar-refractivity contribution in [2.24, 2.45) is 0 Å². The molecule has 19 heavy (non-hydrogen) atoms. The van der Waals surface area contributed by atoms with Crippen molar-refractivity contribution in [2.75, 3.05) is 6.26 Å². The molecular formula is C17H28OS. The molecule has 1 nitrogen and oxygen atoms in total. The average Bonchev–Trinajstić information content (AvgIpc) is 2.46. The van der Waals surface area contributed by atoms with Crippen LogP contribution >= 0.6 is 11.8 Å². The first kappa shape index (κ1) is 16.6. The SMILES string of the molecule is CCCCCCCCCC(O)c1ccc(SC)cc1. The topological polar surface area (TPSA) is 20.2 Å². The second kappa shape index (κ2) is 10.3. The van der Waals surface area contributed by atoms with Gasteiger partial charge in [-0.2, -0.15) is 0 Å². The highest BCUT2D eigenvalue weighted by atomic mass is 32.2. The first-order valence-electron chi connectivity index (χ1n) is 7.60. The maximum atomic E-state index is 10.1. The van der Waals surface area contributed by atoms with E-state index in [1.807, 2.05) is 0 Å². The van der Waals surface area contributed by atoms with Crippen LogP contribution in [-0.2, 0) is 0 Å². The van der Waals surface area contributed by atoms with E-state index in [9.17, 15) is 5.11 Å². The van der Waals surface area contributed by atoms with Crippen LogP contribution in [0.15, 0.2) is 29.2 Å². The second-order valence-electron chi connectivity index (χ2n) is 5.20. The smallest absolute Gasteiger partial charge is 0.0790 e. The van der Waals surface area contributed by atoms with Gasteiger partial charge in [0, 0.05) is 4.90 Å². The fourth-order valence-electron chi connectivity index (χ4n) is 2.29. The highest BCUT2D eigenvalue weighted by Gasteiger charge is 2.06. The van der Waals surface area contributed by atoms with Gasteiger partial charge >= 0.3 is 0 Å². The van der Waals surface area contributed by atoms with Crippen LogP contribution in [-0.4, -0.2) is 11.4 Å². The van der Waals surface area contributed by atoms with Gasteiger partial charge in [0.25, 0.3) is 0 Å². The maximum absolute atomic E-state index is 10.1. The summed E-state index contributed by atoms with van der Waals surface area (Å²) in [6, 6.07) is 8.29. The largest absolute Gasteiger partial charge is 0.388 e. The third-order valence-electron chi connectivity index (χ3n) is 3.58. The van der Waals surface area contributed by atoms with E-state index < -0.39 is 0 Å². The Hall–Kier alpha value is -0.470. The summed E-state index contributed by atoms with van der Waals surface area (Å²) >= 11 is 1.74. The molecule has 1 rings (SSSR count). The van der Waals surface area contributed by atoms with E-state index in [4.69, 9.17) is 0 Å². The number of unbranched alkanes of at least 4 members (excludes halogenated alkanes) is 6. The zero-order chi connectivity index (χ0) is 13.9. The van der Waals surface area contributed by atoms with Crippen LogP contribution in [0.5, 0.6) is 0 Å². The standard InChI is InChI=1S/C17H28OS/c1-3-4-5-6-7-8-9-10-17(18)15-11-13-16(19-2)14-12-15/h11-14,17-18H,3-10H2,1-2H3. The van der Waals surface area contributed by atoms with Crippen molar-refractivity contribution < 1.29 is 5.11 Å². The molecule has 0 aliphatic heterocycles. The molecule has 1 atom stereocenters. The zero-order valence-corrected chi connectivity index (χ0v) is 13.2. The molecule has 0 fully saturated rings. The number of rotatable bonds is 10. The van der Waals surface area contributed by atoms with Gasteiger partial charge in [0.05, 0.1) is 6.10 Å². The zero-order valence-electron chi connectivity index (χ0n) is 12.4. The summed E-state index contributed by atoms with van der Waals surface area (Å²) in [5.41, 5.74) is 1.06. The quantitative estimate of drug-likeness (QED) is 0.446. The Kier molecular flexibility index (Phi) is 9.02. The monoisotopic (exact) mass is 280 g/mol. The van der Waals surface area contributed by atoms with Gasteiger partial charge in [0.2, 0.25) is 0 Å². The van der Waals surface area contributed by atoms with Crippen molar-refractivity contribution >= 4 is 11.8 Å². The fraction of sp³-hybridized carbons (Fsp3) is 0.647. The summed E-state index contributed by atoms with van der Waals surface area (Å²) in [7, 11) is 0. The Balaban J connectivity index is 2.14. The molecule has 0 aliphatic rings. The molecule has 2 heteroatoms. The number of thioether (sulfide) groups is 1. The number of hydrogen-bond acceptors (Lipinski definition) is 2. The van der Waals surface area contributed by atoms with Crippen molar-refractivity contribution in [1.29, 1.82) is 0 Å². The van der Waals surface area contributed by atoms with Crippen LogP contribution in [0, 0.1) is 0 Å². The third kappa shape index (κ3) is 7.03. The second-order valence-corrected chi connectivity index (χ2v) is 6.08. The third-order valence-corrected chi connectivity index (χ3v) is 4.33. The van der Waals surface area contributed by atoms with E-state index in [0.717, 1.165) is 18.4 Å². The van der Waals surface area contributed by atoms with E-state index in [0.29, 0.717) is 0 Å². The minimum Gasteiger partial charge on any atom is -0.388 e. The predicted octanol–water partition coefficient (Wildman–Crippen LogP) is 5.58. The molecule has 0 spiro atoms. The van der Waals surface area contributed by atoms with Crippen LogP contribution in [0.25, 0.3) is 0 Å². The summed E-state index contributed by atoms with van der Waals surface area (Å²) in [5.74, 6) is 0. The lowest BCUT2D eigenvalue weighted by molar-refractivity contribution is 0.163. The summed E-state index contributed by atoms with van der Waals surface area (Å²) in [6.45, 7) is 2.25. The van der Waals surface area contributed by atoms with Crippen molar-refractivity contribution in [3.8, 4) is 0 Å². The van der Waals surface area contributed by atoms with Crippen LogP contribution in [0.1, 0.15) is 70.0 Å². The minimum absolute atomic E-state index is 0.286. The molecule has 0 heterocycles. The summed E-state index contributed by atoms with van der Waals surface area (Å²) in [5, 5.41) is 10.1. The van der Waals surface area contributed by atoms with Gasteiger partial charge in [0.1, 0.15) is 0 Å². The van der Waals surface area contributed by atoms with E-state index in [2.05, 4.69) is 37.4 Å². The lowest BCUT2D eigenvalue weighted by Crippen LogP contribution is -1.97. The van der Waals surface area contributed by atoms with Crippen LogP contribution in [0.3, 0.4) is 0 Å². The van der Waals surface area contributed by atoms with Crippen LogP contribution in [0.4, 0.5) is 0 Å². The Bertz CT molecular complexity index is 321. The minimum atomic E-state index is -0.286. The molecular weight excluding hydrogens is 252 g/mol. The number of aliphatic hydroxyl groups excluding tert-OH is 1. The predicted molar refractivity (Wildman–Crippen MR) is 85.8 cm³/mol. The molecule has 0 amide bonds. The fourth-order valence-corrected chi connectivity index (χ4v) is 2.70. The molecule has 1 aromatic carbocycles. The van der Waals surface area contributed by atoms with Gasteiger partial charge in [0.15, 0.2) is 0 Å². The Morgan fingerprint density at radius 2 is 1.53 bits per heavy atom. The molecule has 108 valence electrons. The van der Waals surface area contributed by atoms with Crippen molar-refractivity contribution in [2.45, 2.75) is 69.3 Å². The normalized spacial score (nSPS) is 12.6. The molecule has 0 bridgehead atoms. The highest BCUT2D eigenvalue weighted by molar-refractivity contribution is 7.98. The van der Waals surface area contributed by atoms with E-state index in [1.54, 1.807) is 11.8 Å². The molecule has 0 saturated heterocycles. The molecule has 0 aromatic heterocycles. The van der Waals surface area contributed by atoms with Crippen molar-refractivity contribution in [3.05, 3.63) is 29.8 Å². The highest BCUT2D eigenvalue weighted by Crippen LogP contribution is 2.23. The first-order chi connectivity index (χ1) is 9.27. The van der Waals surface area contributed by atoms with E-state index in [1.165, 1.54) is 43.4 Å². The molecule has 1 N–H and O–H groups in total. The van der Waals surface area contributed by atoms with Gasteiger partial charge in [-0.3, -0.25) is 0 Å². The number of benzene rings is 1. The van der Waals surface area contributed by atoms with E-state index >= 15 is 0 Å².